The summed E-state index contributed by atoms with van der Waals surface area (Å²) in [5.74, 6) is 0. The van der Waals surface area contributed by atoms with Crippen molar-refractivity contribution >= 4 is 27.5 Å². The van der Waals surface area contributed by atoms with Gasteiger partial charge in [-0.2, -0.15) is 0 Å². The largest absolute Gasteiger partial charge is 0.388 e. The van der Waals surface area contributed by atoms with E-state index in [1.807, 2.05) is 18.2 Å². The molecule has 2 aromatic carbocycles. The maximum Gasteiger partial charge on any atom is 0.0845 e. The van der Waals surface area contributed by atoms with Crippen LogP contribution in [0.2, 0.25) is 5.02 Å². The van der Waals surface area contributed by atoms with Gasteiger partial charge >= 0.3 is 0 Å². The van der Waals surface area contributed by atoms with Gasteiger partial charge in [0.1, 0.15) is 0 Å². The lowest BCUT2D eigenvalue weighted by Gasteiger charge is -2.20. The summed E-state index contributed by atoms with van der Waals surface area (Å²) >= 11 is 9.62. The highest BCUT2D eigenvalue weighted by Crippen LogP contribution is 2.32. The van der Waals surface area contributed by atoms with Crippen LogP contribution in [0.15, 0.2) is 46.9 Å². The maximum absolute atomic E-state index is 10.4. The van der Waals surface area contributed by atoms with Gasteiger partial charge in [0.2, 0.25) is 0 Å². The van der Waals surface area contributed by atoms with E-state index in [-0.39, 0.29) is 5.41 Å². The van der Waals surface area contributed by atoms with Crippen LogP contribution in [0.3, 0.4) is 0 Å². The van der Waals surface area contributed by atoms with Gasteiger partial charge in [0.05, 0.1) is 11.1 Å². The van der Waals surface area contributed by atoms with Crippen LogP contribution in [0.4, 0.5) is 0 Å². The van der Waals surface area contributed by atoms with E-state index >= 15 is 0 Å². The number of aliphatic hydroxyl groups is 1. The topological polar surface area (TPSA) is 20.2 Å². The lowest BCUT2D eigenvalue weighted by Crippen LogP contribution is -2.11. The van der Waals surface area contributed by atoms with Crippen LogP contribution in [-0.2, 0) is 11.8 Å². The number of aliphatic hydroxyl groups excluding tert-OH is 1. The summed E-state index contributed by atoms with van der Waals surface area (Å²) in [5, 5.41) is 11.0. The van der Waals surface area contributed by atoms with E-state index < -0.39 is 6.10 Å². The van der Waals surface area contributed by atoms with E-state index in [0.717, 1.165) is 15.6 Å². The van der Waals surface area contributed by atoms with Crippen LogP contribution in [0.5, 0.6) is 0 Å². The van der Waals surface area contributed by atoms with Crippen LogP contribution in [0.25, 0.3) is 0 Å². The van der Waals surface area contributed by atoms with Crippen LogP contribution in [-0.4, -0.2) is 5.11 Å². The van der Waals surface area contributed by atoms with E-state index in [4.69, 9.17) is 11.6 Å². The lowest BCUT2D eigenvalue weighted by atomic mass is 9.86. The first kappa shape index (κ1) is 16.5. The van der Waals surface area contributed by atoms with Crippen LogP contribution in [0, 0.1) is 0 Å². The highest BCUT2D eigenvalue weighted by molar-refractivity contribution is 9.10. The molecular formula is C18H20BrClO. The summed E-state index contributed by atoms with van der Waals surface area (Å²) in [4.78, 5) is 0. The number of hydrogen-bond donors (Lipinski definition) is 1. The van der Waals surface area contributed by atoms with E-state index in [0.29, 0.717) is 11.4 Å². The zero-order valence-corrected chi connectivity index (χ0v) is 14.9. The number of benzene rings is 2. The molecule has 1 nitrogen and oxygen atoms in total. The first-order valence-electron chi connectivity index (χ1n) is 7.00. The Labute approximate surface area is 140 Å². The standard InChI is InChI=1S/C18H20BrClO/c1-18(2,3)13-9-7-12(8-10-13)11-16(21)14-5-4-6-15(19)17(14)20/h4-10,16,21H,11H2,1-3H3. The Balaban J connectivity index is 2.16. The summed E-state index contributed by atoms with van der Waals surface area (Å²) in [6.07, 6.45) is -0.0453. The molecule has 1 unspecified atom stereocenters. The van der Waals surface area contributed by atoms with Crippen molar-refractivity contribution in [2.45, 2.75) is 38.7 Å². The molecule has 0 saturated carbocycles. The molecule has 1 atom stereocenters. The van der Waals surface area contributed by atoms with Crippen molar-refractivity contribution in [2.24, 2.45) is 0 Å². The van der Waals surface area contributed by atoms with Crippen molar-refractivity contribution in [3.63, 3.8) is 0 Å². The van der Waals surface area contributed by atoms with Gasteiger partial charge in [-0.05, 0) is 38.5 Å². The van der Waals surface area contributed by atoms with Gasteiger partial charge in [-0.25, -0.2) is 0 Å². The molecule has 0 amide bonds. The molecule has 0 bridgehead atoms. The normalized spacial score (nSPS) is 13.2. The average molecular weight is 368 g/mol. The minimum Gasteiger partial charge on any atom is -0.388 e. The second-order valence-corrected chi connectivity index (χ2v) is 7.54. The molecule has 1 N–H and O–H groups in total. The molecular weight excluding hydrogens is 348 g/mol. The van der Waals surface area contributed by atoms with Gasteiger partial charge in [0.15, 0.2) is 0 Å². The second-order valence-electron chi connectivity index (χ2n) is 6.31. The van der Waals surface area contributed by atoms with Gasteiger partial charge in [0, 0.05) is 16.5 Å². The fraction of sp³-hybridized carbons (Fsp3) is 0.333. The Morgan fingerprint density at radius 1 is 1.10 bits per heavy atom. The summed E-state index contributed by atoms with van der Waals surface area (Å²) in [5.41, 5.74) is 3.30. The molecule has 2 aromatic rings. The Bertz CT molecular complexity index is 614. The molecule has 0 radical (unpaired) electrons. The lowest BCUT2D eigenvalue weighted by molar-refractivity contribution is 0.178. The molecule has 21 heavy (non-hydrogen) atoms. The molecule has 3 heteroatoms. The van der Waals surface area contributed by atoms with Crippen molar-refractivity contribution < 1.29 is 5.11 Å². The third kappa shape index (κ3) is 4.09. The van der Waals surface area contributed by atoms with E-state index in [9.17, 15) is 5.11 Å². The van der Waals surface area contributed by atoms with E-state index in [2.05, 4.69) is 61.0 Å². The van der Waals surface area contributed by atoms with E-state index in [1.54, 1.807) is 0 Å². The highest BCUT2D eigenvalue weighted by atomic mass is 79.9. The van der Waals surface area contributed by atoms with Crippen molar-refractivity contribution in [1.29, 1.82) is 0 Å². The fourth-order valence-corrected chi connectivity index (χ4v) is 2.89. The zero-order valence-electron chi connectivity index (χ0n) is 12.5. The maximum atomic E-state index is 10.4. The van der Waals surface area contributed by atoms with Crippen molar-refractivity contribution in [3.05, 3.63) is 68.7 Å². The summed E-state index contributed by atoms with van der Waals surface area (Å²) in [6, 6.07) is 14.0. The molecule has 0 saturated heterocycles. The third-order valence-corrected chi connectivity index (χ3v) is 4.90. The fourth-order valence-electron chi connectivity index (χ4n) is 2.25. The van der Waals surface area contributed by atoms with Crippen LogP contribution < -0.4 is 0 Å². The second kappa shape index (κ2) is 6.51. The molecule has 0 aliphatic rings. The average Bonchev–Trinajstić information content (AvgIpc) is 2.41. The van der Waals surface area contributed by atoms with Crippen molar-refractivity contribution in [2.75, 3.05) is 0 Å². The summed E-state index contributed by atoms with van der Waals surface area (Å²) < 4.78 is 0.809. The van der Waals surface area contributed by atoms with Crippen LogP contribution >= 0.6 is 27.5 Å². The van der Waals surface area contributed by atoms with Gasteiger partial charge in [-0.1, -0.05) is 68.8 Å². The summed E-state index contributed by atoms with van der Waals surface area (Å²) in [7, 11) is 0. The molecule has 2 rings (SSSR count). The highest BCUT2D eigenvalue weighted by Gasteiger charge is 2.16. The minimum absolute atomic E-state index is 0.144. The van der Waals surface area contributed by atoms with Crippen molar-refractivity contribution in [1.82, 2.24) is 0 Å². The van der Waals surface area contributed by atoms with E-state index in [1.165, 1.54) is 5.56 Å². The smallest absolute Gasteiger partial charge is 0.0845 e. The molecule has 0 fully saturated rings. The molecule has 0 aliphatic carbocycles. The van der Waals surface area contributed by atoms with Gasteiger partial charge in [0.25, 0.3) is 0 Å². The number of rotatable bonds is 3. The quantitative estimate of drug-likeness (QED) is 0.740. The predicted molar refractivity (Wildman–Crippen MR) is 93.0 cm³/mol. The molecule has 0 aliphatic heterocycles. The first-order valence-corrected chi connectivity index (χ1v) is 8.17. The minimum atomic E-state index is -0.601. The molecule has 0 heterocycles. The number of halogens is 2. The van der Waals surface area contributed by atoms with Crippen LogP contribution in [0.1, 0.15) is 43.6 Å². The Morgan fingerprint density at radius 2 is 1.71 bits per heavy atom. The zero-order chi connectivity index (χ0) is 15.6. The van der Waals surface area contributed by atoms with Gasteiger partial charge < -0.3 is 5.11 Å². The Kier molecular flexibility index (Phi) is 5.13. The van der Waals surface area contributed by atoms with Gasteiger partial charge in [-0.15, -0.1) is 0 Å². The summed E-state index contributed by atoms with van der Waals surface area (Å²) in [6.45, 7) is 6.58. The SMILES string of the molecule is CC(C)(C)c1ccc(CC(O)c2cccc(Br)c2Cl)cc1. The number of hydrogen-bond acceptors (Lipinski definition) is 1. The Hall–Kier alpha value is -0.830. The third-order valence-electron chi connectivity index (χ3n) is 3.59. The molecule has 112 valence electrons. The monoisotopic (exact) mass is 366 g/mol. The Morgan fingerprint density at radius 3 is 2.29 bits per heavy atom. The predicted octanol–water partition coefficient (Wildman–Crippen LogP) is 5.68. The molecule has 0 aromatic heterocycles. The first-order chi connectivity index (χ1) is 9.79. The molecule has 0 spiro atoms. The van der Waals surface area contributed by atoms with Gasteiger partial charge in [-0.3, -0.25) is 0 Å². The van der Waals surface area contributed by atoms with Crippen molar-refractivity contribution in [3.8, 4) is 0 Å².